The minimum atomic E-state index is -0.536. The first-order valence-electron chi connectivity index (χ1n) is 7.07. The SMILES string of the molecule is CCCOC(=O)COCC(=O)Oc1ccccc1C(C)C. The van der Waals surface area contributed by atoms with E-state index < -0.39 is 11.9 Å². The number of benzene rings is 1. The fourth-order valence-corrected chi connectivity index (χ4v) is 1.68. The molecular weight excluding hydrogens is 272 g/mol. The summed E-state index contributed by atoms with van der Waals surface area (Å²) in [5.41, 5.74) is 0.952. The molecule has 0 spiro atoms. The summed E-state index contributed by atoms with van der Waals surface area (Å²) in [6, 6.07) is 7.35. The van der Waals surface area contributed by atoms with Gasteiger partial charge in [-0.3, -0.25) is 0 Å². The number of carbonyl (C=O) groups excluding carboxylic acids is 2. The molecule has 0 unspecified atom stereocenters. The molecule has 0 atom stereocenters. The Labute approximate surface area is 125 Å². The van der Waals surface area contributed by atoms with Gasteiger partial charge >= 0.3 is 11.9 Å². The van der Waals surface area contributed by atoms with Gasteiger partial charge in [-0.2, -0.15) is 0 Å². The zero-order valence-electron chi connectivity index (χ0n) is 12.8. The van der Waals surface area contributed by atoms with Crippen molar-refractivity contribution in [2.75, 3.05) is 19.8 Å². The summed E-state index contributed by atoms with van der Waals surface area (Å²) < 4.78 is 15.1. The Hall–Kier alpha value is -1.88. The number of para-hydroxylation sites is 1. The lowest BCUT2D eigenvalue weighted by atomic mass is 10.0. The predicted molar refractivity (Wildman–Crippen MR) is 78.2 cm³/mol. The second kappa shape index (κ2) is 9.13. The Balaban J connectivity index is 2.39. The summed E-state index contributed by atoms with van der Waals surface area (Å²) in [5, 5.41) is 0. The van der Waals surface area contributed by atoms with E-state index in [1.807, 2.05) is 32.9 Å². The molecule has 0 aliphatic heterocycles. The maximum atomic E-state index is 11.7. The van der Waals surface area contributed by atoms with Gasteiger partial charge in [-0.15, -0.1) is 0 Å². The highest BCUT2D eigenvalue weighted by Gasteiger charge is 2.12. The van der Waals surface area contributed by atoms with Crippen molar-refractivity contribution in [3.8, 4) is 5.75 Å². The topological polar surface area (TPSA) is 61.8 Å². The first-order chi connectivity index (χ1) is 10.0. The standard InChI is InChI=1S/C16H22O5/c1-4-9-20-15(17)10-19-11-16(18)21-14-8-6-5-7-13(14)12(2)3/h5-8,12H,4,9-11H2,1-3H3. The second-order valence-electron chi connectivity index (χ2n) is 4.88. The van der Waals surface area contributed by atoms with E-state index in [9.17, 15) is 9.59 Å². The van der Waals surface area contributed by atoms with Crippen molar-refractivity contribution < 1.29 is 23.8 Å². The lowest BCUT2D eigenvalue weighted by molar-refractivity contribution is -0.151. The first-order valence-corrected chi connectivity index (χ1v) is 7.07. The van der Waals surface area contributed by atoms with Crippen LogP contribution in [0.1, 0.15) is 38.7 Å². The lowest BCUT2D eigenvalue weighted by Gasteiger charge is -2.12. The Morgan fingerprint density at radius 1 is 1.10 bits per heavy atom. The number of rotatable bonds is 8. The van der Waals surface area contributed by atoms with E-state index in [1.54, 1.807) is 12.1 Å². The van der Waals surface area contributed by atoms with E-state index >= 15 is 0 Å². The molecule has 0 amide bonds. The Kier molecular flexibility index (Phi) is 7.46. The number of carbonyl (C=O) groups is 2. The molecule has 1 aromatic carbocycles. The minimum Gasteiger partial charge on any atom is -0.464 e. The summed E-state index contributed by atoms with van der Waals surface area (Å²) in [6.07, 6.45) is 0.750. The van der Waals surface area contributed by atoms with E-state index in [0.717, 1.165) is 12.0 Å². The van der Waals surface area contributed by atoms with Crippen molar-refractivity contribution in [3.05, 3.63) is 29.8 Å². The van der Waals surface area contributed by atoms with Gasteiger partial charge in [0.25, 0.3) is 0 Å². The van der Waals surface area contributed by atoms with Gasteiger partial charge in [0.1, 0.15) is 19.0 Å². The zero-order chi connectivity index (χ0) is 15.7. The summed E-state index contributed by atoms with van der Waals surface area (Å²) in [6.45, 7) is 5.76. The highest BCUT2D eigenvalue weighted by atomic mass is 16.6. The molecule has 0 saturated heterocycles. The smallest absolute Gasteiger partial charge is 0.337 e. The van der Waals surface area contributed by atoms with Crippen LogP contribution in [0.4, 0.5) is 0 Å². The van der Waals surface area contributed by atoms with Gasteiger partial charge in [0.05, 0.1) is 6.61 Å². The molecule has 1 aromatic rings. The molecule has 0 aliphatic carbocycles. The van der Waals surface area contributed by atoms with E-state index in [2.05, 4.69) is 0 Å². The number of ether oxygens (including phenoxy) is 3. The summed E-state index contributed by atoms with van der Waals surface area (Å²) in [4.78, 5) is 22.9. The molecule has 5 nitrogen and oxygen atoms in total. The van der Waals surface area contributed by atoms with Crippen LogP contribution >= 0.6 is 0 Å². The van der Waals surface area contributed by atoms with Crippen LogP contribution < -0.4 is 4.74 Å². The molecule has 21 heavy (non-hydrogen) atoms. The molecule has 0 saturated carbocycles. The number of hydrogen-bond donors (Lipinski definition) is 0. The highest BCUT2D eigenvalue weighted by molar-refractivity contribution is 5.75. The molecule has 1 rings (SSSR count). The van der Waals surface area contributed by atoms with Crippen molar-refractivity contribution >= 4 is 11.9 Å². The van der Waals surface area contributed by atoms with Crippen LogP contribution in [0.5, 0.6) is 5.75 Å². The Morgan fingerprint density at radius 3 is 2.43 bits per heavy atom. The normalized spacial score (nSPS) is 10.5. The third-order valence-electron chi connectivity index (χ3n) is 2.67. The molecule has 0 heterocycles. The van der Waals surface area contributed by atoms with Crippen LogP contribution in [0.15, 0.2) is 24.3 Å². The van der Waals surface area contributed by atoms with Gasteiger partial charge in [0.2, 0.25) is 0 Å². The maximum absolute atomic E-state index is 11.7. The molecule has 0 aliphatic rings. The average Bonchev–Trinajstić information content (AvgIpc) is 2.45. The van der Waals surface area contributed by atoms with Crippen LogP contribution in [-0.4, -0.2) is 31.8 Å². The molecule has 0 aromatic heterocycles. The van der Waals surface area contributed by atoms with Crippen molar-refractivity contribution in [2.45, 2.75) is 33.1 Å². The van der Waals surface area contributed by atoms with Crippen LogP contribution in [0.3, 0.4) is 0 Å². The molecule has 0 radical (unpaired) electrons. The fraction of sp³-hybridized carbons (Fsp3) is 0.500. The molecule has 0 fully saturated rings. The van der Waals surface area contributed by atoms with Crippen LogP contribution in [0, 0.1) is 0 Å². The van der Waals surface area contributed by atoms with Gasteiger partial charge in [0, 0.05) is 0 Å². The van der Waals surface area contributed by atoms with Gasteiger partial charge in [-0.05, 0) is 24.0 Å². The van der Waals surface area contributed by atoms with Gasteiger partial charge in [-0.25, -0.2) is 9.59 Å². The van der Waals surface area contributed by atoms with Crippen molar-refractivity contribution in [1.82, 2.24) is 0 Å². The largest absolute Gasteiger partial charge is 0.464 e. The van der Waals surface area contributed by atoms with Crippen molar-refractivity contribution in [3.63, 3.8) is 0 Å². The second-order valence-corrected chi connectivity index (χ2v) is 4.88. The molecule has 5 heteroatoms. The summed E-state index contributed by atoms with van der Waals surface area (Å²) in [5.74, 6) is -0.243. The van der Waals surface area contributed by atoms with Crippen LogP contribution in [0.2, 0.25) is 0 Å². The third-order valence-corrected chi connectivity index (χ3v) is 2.67. The minimum absolute atomic E-state index is 0.249. The van der Waals surface area contributed by atoms with Crippen molar-refractivity contribution in [2.24, 2.45) is 0 Å². The quantitative estimate of drug-likeness (QED) is 0.545. The summed E-state index contributed by atoms with van der Waals surface area (Å²) >= 11 is 0. The molecule has 0 N–H and O–H groups in total. The van der Waals surface area contributed by atoms with Crippen LogP contribution in [-0.2, 0) is 19.1 Å². The van der Waals surface area contributed by atoms with E-state index in [1.165, 1.54) is 0 Å². The van der Waals surface area contributed by atoms with Gasteiger partial charge < -0.3 is 14.2 Å². The fourth-order valence-electron chi connectivity index (χ4n) is 1.68. The maximum Gasteiger partial charge on any atom is 0.337 e. The average molecular weight is 294 g/mol. The molecule has 116 valence electrons. The van der Waals surface area contributed by atoms with Gasteiger partial charge in [0.15, 0.2) is 0 Å². The number of hydrogen-bond acceptors (Lipinski definition) is 5. The summed E-state index contributed by atoms with van der Waals surface area (Å²) in [7, 11) is 0. The Bertz CT molecular complexity index is 467. The van der Waals surface area contributed by atoms with E-state index in [0.29, 0.717) is 12.4 Å². The monoisotopic (exact) mass is 294 g/mol. The zero-order valence-corrected chi connectivity index (χ0v) is 12.8. The molecular formula is C16H22O5. The van der Waals surface area contributed by atoms with Crippen LogP contribution in [0.25, 0.3) is 0 Å². The van der Waals surface area contributed by atoms with E-state index in [4.69, 9.17) is 14.2 Å². The third kappa shape index (κ3) is 6.40. The molecule has 0 bridgehead atoms. The van der Waals surface area contributed by atoms with Gasteiger partial charge in [-0.1, -0.05) is 39.0 Å². The Morgan fingerprint density at radius 2 is 1.76 bits per heavy atom. The van der Waals surface area contributed by atoms with Crippen molar-refractivity contribution in [1.29, 1.82) is 0 Å². The van der Waals surface area contributed by atoms with E-state index in [-0.39, 0.29) is 19.1 Å². The first kappa shape index (κ1) is 17.2. The lowest BCUT2D eigenvalue weighted by Crippen LogP contribution is -2.20. The highest BCUT2D eigenvalue weighted by Crippen LogP contribution is 2.25. The predicted octanol–water partition coefficient (Wildman–Crippen LogP) is 2.69. The number of esters is 2.